The van der Waals surface area contributed by atoms with Crippen molar-refractivity contribution in [3.05, 3.63) is 68.2 Å². The van der Waals surface area contributed by atoms with Gasteiger partial charge in [0, 0.05) is 24.6 Å². The molecule has 2 atom stereocenters. The zero-order chi connectivity index (χ0) is 19.4. The fourth-order valence-corrected chi connectivity index (χ4v) is 3.19. The fourth-order valence-electron chi connectivity index (χ4n) is 3.19. The maximum atomic E-state index is 13.2. The van der Waals surface area contributed by atoms with Gasteiger partial charge in [-0.2, -0.15) is 0 Å². The van der Waals surface area contributed by atoms with Gasteiger partial charge in [-0.25, -0.2) is 9.18 Å². The number of carbonyl (C=O) groups excluding carboxylic acids is 2. The van der Waals surface area contributed by atoms with Crippen molar-refractivity contribution in [1.82, 2.24) is 20.6 Å². The summed E-state index contributed by atoms with van der Waals surface area (Å²) in [5.41, 5.74) is -0.870. The van der Waals surface area contributed by atoms with Crippen molar-refractivity contribution in [2.75, 3.05) is 0 Å². The van der Waals surface area contributed by atoms with Crippen LogP contribution in [0.5, 0.6) is 0 Å². The van der Waals surface area contributed by atoms with Crippen LogP contribution in [-0.4, -0.2) is 27.8 Å². The number of amides is 2. The summed E-state index contributed by atoms with van der Waals surface area (Å²) in [6, 6.07) is 6.78. The van der Waals surface area contributed by atoms with Gasteiger partial charge in [0.15, 0.2) is 0 Å². The van der Waals surface area contributed by atoms with Crippen molar-refractivity contribution in [2.24, 2.45) is 5.92 Å². The molecule has 1 aliphatic rings. The fraction of sp³-hybridized carbons (Fsp3) is 0.333. The molecule has 142 valence electrons. The van der Waals surface area contributed by atoms with E-state index in [1.54, 1.807) is 12.1 Å². The predicted octanol–water partition coefficient (Wildman–Crippen LogP) is 0.417. The largest absolute Gasteiger partial charge is 0.352 e. The van der Waals surface area contributed by atoms with Crippen LogP contribution in [0.4, 0.5) is 4.39 Å². The molecule has 1 aromatic heterocycles. The molecule has 8 nitrogen and oxygen atoms in total. The van der Waals surface area contributed by atoms with E-state index in [1.807, 2.05) is 4.98 Å². The Hall–Kier alpha value is -3.23. The first-order chi connectivity index (χ1) is 12.9. The van der Waals surface area contributed by atoms with Crippen LogP contribution in [0.3, 0.4) is 0 Å². The highest BCUT2D eigenvalue weighted by molar-refractivity contribution is 5.92. The second-order valence-electron chi connectivity index (χ2n) is 6.53. The highest BCUT2D eigenvalue weighted by Crippen LogP contribution is 2.26. The monoisotopic (exact) mass is 374 g/mol. The molecule has 1 fully saturated rings. The van der Waals surface area contributed by atoms with Crippen molar-refractivity contribution in [1.29, 1.82) is 0 Å². The Morgan fingerprint density at radius 1 is 1.15 bits per heavy atom. The summed E-state index contributed by atoms with van der Waals surface area (Å²) in [6.07, 6.45) is 1.66. The Balaban J connectivity index is 1.52. The molecule has 0 unspecified atom stereocenters. The smallest absolute Gasteiger partial charge is 0.326 e. The molecule has 0 spiro atoms. The molecule has 4 N–H and O–H groups in total. The number of H-pyrrole nitrogens is 2. The van der Waals surface area contributed by atoms with Crippen LogP contribution in [0.2, 0.25) is 0 Å². The van der Waals surface area contributed by atoms with Crippen LogP contribution in [0, 0.1) is 11.7 Å². The van der Waals surface area contributed by atoms with Gasteiger partial charge in [0.2, 0.25) is 5.91 Å². The molecule has 0 bridgehead atoms. The van der Waals surface area contributed by atoms with Crippen molar-refractivity contribution < 1.29 is 14.0 Å². The molecule has 1 aromatic carbocycles. The topological polar surface area (TPSA) is 124 Å². The van der Waals surface area contributed by atoms with Gasteiger partial charge in [-0.1, -0.05) is 12.1 Å². The molecule has 9 heteroatoms. The molecule has 3 rings (SSSR count). The van der Waals surface area contributed by atoms with Crippen LogP contribution in [-0.2, 0) is 11.3 Å². The zero-order valence-corrected chi connectivity index (χ0v) is 14.4. The number of carbonyl (C=O) groups is 2. The minimum Gasteiger partial charge on any atom is -0.352 e. The van der Waals surface area contributed by atoms with Gasteiger partial charge in [0.05, 0.1) is 0 Å². The first kappa shape index (κ1) is 18.6. The third-order valence-electron chi connectivity index (χ3n) is 4.50. The molecule has 1 heterocycles. The Morgan fingerprint density at radius 2 is 1.96 bits per heavy atom. The van der Waals surface area contributed by atoms with E-state index in [9.17, 15) is 23.6 Å². The zero-order valence-electron chi connectivity index (χ0n) is 14.4. The van der Waals surface area contributed by atoms with Crippen molar-refractivity contribution in [2.45, 2.75) is 31.8 Å². The number of aromatic amines is 2. The lowest BCUT2D eigenvalue weighted by Gasteiger charge is -2.13. The molecule has 2 aromatic rings. The molecule has 0 aliphatic heterocycles. The molecule has 0 saturated heterocycles. The van der Waals surface area contributed by atoms with E-state index in [1.165, 1.54) is 12.1 Å². The molecule has 27 heavy (non-hydrogen) atoms. The number of rotatable bonds is 5. The molecular formula is C18H19FN4O4. The minimum atomic E-state index is -0.756. The minimum absolute atomic E-state index is 0.122. The van der Waals surface area contributed by atoms with Crippen molar-refractivity contribution in [3.8, 4) is 0 Å². The Morgan fingerprint density at radius 3 is 2.70 bits per heavy atom. The maximum Gasteiger partial charge on any atom is 0.326 e. The highest BCUT2D eigenvalue weighted by Gasteiger charge is 2.31. The number of halogens is 1. The van der Waals surface area contributed by atoms with E-state index in [-0.39, 0.29) is 35.9 Å². The van der Waals surface area contributed by atoms with Gasteiger partial charge in [-0.3, -0.25) is 19.4 Å². The third kappa shape index (κ3) is 4.90. The number of hydrogen-bond acceptors (Lipinski definition) is 4. The van der Waals surface area contributed by atoms with Crippen molar-refractivity contribution in [3.63, 3.8) is 0 Å². The number of nitrogens with one attached hydrogen (secondary N) is 4. The standard InChI is InChI=1S/C18H19FN4O4/c19-12-3-1-2-10(6-12)9-20-16(25)11-4-5-13(7-11)21-17(26)14-8-15(24)23-18(27)22-14/h1-3,6,8,11,13H,4-5,7,9H2,(H,20,25)(H,21,26)(H2,22,23,24,27)/t11-,13+/m0/s1. The molecule has 0 radical (unpaired) electrons. The van der Waals surface area contributed by atoms with E-state index < -0.39 is 17.2 Å². The summed E-state index contributed by atoms with van der Waals surface area (Å²) in [6.45, 7) is 0.234. The Bertz CT molecular complexity index is 940. The van der Waals surface area contributed by atoms with Gasteiger partial charge >= 0.3 is 5.69 Å². The van der Waals surface area contributed by atoms with Crippen LogP contribution in [0.15, 0.2) is 39.9 Å². The summed E-state index contributed by atoms with van der Waals surface area (Å²) in [5.74, 6) is -1.34. The lowest BCUT2D eigenvalue weighted by molar-refractivity contribution is -0.125. The van der Waals surface area contributed by atoms with Crippen LogP contribution < -0.4 is 21.9 Å². The van der Waals surface area contributed by atoms with E-state index in [0.717, 1.165) is 6.07 Å². The molecule has 1 saturated carbocycles. The van der Waals surface area contributed by atoms with Gasteiger partial charge in [0.25, 0.3) is 11.5 Å². The quantitative estimate of drug-likeness (QED) is 0.605. The average Bonchev–Trinajstić information content (AvgIpc) is 3.07. The van der Waals surface area contributed by atoms with Gasteiger partial charge in [-0.05, 0) is 37.0 Å². The lowest BCUT2D eigenvalue weighted by atomic mass is 10.1. The normalized spacial score (nSPS) is 18.9. The van der Waals surface area contributed by atoms with Gasteiger partial charge < -0.3 is 15.6 Å². The molecule has 2 amide bonds. The van der Waals surface area contributed by atoms with E-state index in [4.69, 9.17) is 0 Å². The van der Waals surface area contributed by atoms with Gasteiger partial charge in [0.1, 0.15) is 11.5 Å². The lowest BCUT2D eigenvalue weighted by Crippen LogP contribution is -2.37. The first-order valence-corrected chi connectivity index (χ1v) is 8.57. The number of benzene rings is 1. The van der Waals surface area contributed by atoms with E-state index >= 15 is 0 Å². The number of hydrogen-bond donors (Lipinski definition) is 4. The summed E-state index contributed by atoms with van der Waals surface area (Å²) in [4.78, 5) is 51.2. The third-order valence-corrected chi connectivity index (χ3v) is 4.50. The Labute approximate surface area is 153 Å². The van der Waals surface area contributed by atoms with Crippen molar-refractivity contribution >= 4 is 11.8 Å². The predicted molar refractivity (Wildman–Crippen MR) is 94.5 cm³/mol. The summed E-state index contributed by atoms with van der Waals surface area (Å²) >= 11 is 0. The molecule has 1 aliphatic carbocycles. The summed E-state index contributed by atoms with van der Waals surface area (Å²) in [5, 5.41) is 5.50. The highest BCUT2D eigenvalue weighted by atomic mass is 19.1. The average molecular weight is 374 g/mol. The first-order valence-electron chi connectivity index (χ1n) is 8.57. The van der Waals surface area contributed by atoms with Crippen LogP contribution in [0.1, 0.15) is 35.3 Å². The van der Waals surface area contributed by atoms with Crippen LogP contribution in [0.25, 0.3) is 0 Å². The second-order valence-corrected chi connectivity index (χ2v) is 6.53. The SMILES string of the molecule is O=C(N[C@@H]1CC[C@H](C(=O)NCc2cccc(F)c2)C1)c1cc(=O)[nH]c(=O)[nH]1. The number of aromatic nitrogens is 2. The van der Waals surface area contributed by atoms with Crippen LogP contribution >= 0.6 is 0 Å². The Kier molecular flexibility index (Phi) is 5.49. The summed E-state index contributed by atoms with van der Waals surface area (Å²) in [7, 11) is 0. The maximum absolute atomic E-state index is 13.2. The molecular weight excluding hydrogens is 355 g/mol. The van der Waals surface area contributed by atoms with E-state index in [2.05, 4.69) is 15.6 Å². The van der Waals surface area contributed by atoms with E-state index in [0.29, 0.717) is 24.8 Å². The summed E-state index contributed by atoms with van der Waals surface area (Å²) < 4.78 is 13.2. The van der Waals surface area contributed by atoms with Gasteiger partial charge in [-0.15, -0.1) is 0 Å². The second kappa shape index (κ2) is 7.98.